The molecule has 2 aromatic rings. The van der Waals surface area contributed by atoms with Crippen LogP contribution in [0.25, 0.3) is 0 Å². The minimum atomic E-state index is -0.294. The van der Waals surface area contributed by atoms with Crippen LogP contribution in [0.4, 0.5) is 15.6 Å². The van der Waals surface area contributed by atoms with Crippen molar-refractivity contribution in [3.05, 3.63) is 21.3 Å². The molecule has 2 aromatic heterocycles. The summed E-state index contributed by atoms with van der Waals surface area (Å²) in [5.41, 5.74) is 1.87. The molecule has 0 saturated carbocycles. The van der Waals surface area contributed by atoms with Crippen molar-refractivity contribution in [3.63, 3.8) is 0 Å². The maximum Gasteiger partial charge on any atom is 0.325 e. The van der Waals surface area contributed by atoms with Gasteiger partial charge in [-0.25, -0.2) is 4.79 Å². The fourth-order valence-corrected chi connectivity index (χ4v) is 2.45. The summed E-state index contributed by atoms with van der Waals surface area (Å²) in [6, 6.07) is -0.294. The lowest BCUT2D eigenvalue weighted by atomic mass is 10.3. The number of carbonyl (C=O) groups excluding carboxylic acids is 1. The molecular formula is C9H10N4OS2. The zero-order chi connectivity index (χ0) is 11.5. The number of aromatic nitrogens is 2. The Labute approximate surface area is 101 Å². The Morgan fingerprint density at radius 3 is 2.62 bits per heavy atom. The van der Waals surface area contributed by atoms with E-state index in [1.165, 1.54) is 11.3 Å². The van der Waals surface area contributed by atoms with E-state index in [0.29, 0.717) is 5.13 Å². The number of hydrogen-bond donors (Lipinski definition) is 2. The molecule has 0 bridgehead atoms. The lowest BCUT2D eigenvalue weighted by molar-refractivity contribution is 0.262. The number of hydrogen-bond acceptors (Lipinski definition) is 5. The van der Waals surface area contributed by atoms with Gasteiger partial charge in [-0.1, -0.05) is 11.3 Å². The second-order valence-electron chi connectivity index (χ2n) is 3.17. The molecule has 0 aliphatic carbocycles. The molecule has 84 valence electrons. The average Bonchev–Trinajstić information content (AvgIpc) is 2.77. The molecule has 0 unspecified atom stereocenters. The molecule has 2 N–H and O–H groups in total. The molecule has 0 spiro atoms. The summed E-state index contributed by atoms with van der Waals surface area (Å²) in [5.74, 6) is 0. The molecule has 0 saturated heterocycles. The molecule has 5 nitrogen and oxygen atoms in total. The number of anilines is 2. The average molecular weight is 254 g/mol. The van der Waals surface area contributed by atoms with Crippen molar-refractivity contribution in [2.75, 3.05) is 10.6 Å². The van der Waals surface area contributed by atoms with Gasteiger partial charge in [-0.15, -0.1) is 21.5 Å². The summed E-state index contributed by atoms with van der Waals surface area (Å²) < 4.78 is 0. The Balaban J connectivity index is 1.97. The van der Waals surface area contributed by atoms with Crippen LogP contribution in [-0.4, -0.2) is 16.2 Å². The number of nitrogens with one attached hydrogen (secondary N) is 2. The van der Waals surface area contributed by atoms with Crippen LogP contribution >= 0.6 is 22.7 Å². The lowest BCUT2D eigenvalue weighted by Gasteiger charge is -2.03. The third-order valence-electron chi connectivity index (χ3n) is 1.85. The minimum absolute atomic E-state index is 0.294. The van der Waals surface area contributed by atoms with Crippen LogP contribution < -0.4 is 10.6 Å². The second-order valence-corrected chi connectivity index (χ2v) is 5.10. The number of carbonyl (C=O) groups is 1. The van der Waals surface area contributed by atoms with Crippen LogP contribution in [0.5, 0.6) is 0 Å². The Morgan fingerprint density at radius 2 is 2.06 bits per heavy atom. The van der Waals surface area contributed by atoms with Gasteiger partial charge < -0.3 is 5.32 Å². The summed E-state index contributed by atoms with van der Waals surface area (Å²) >= 11 is 2.89. The third-order valence-corrected chi connectivity index (χ3v) is 3.47. The van der Waals surface area contributed by atoms with Gasteiger partial charge in [0.25, 0.3) is 0 Å². The fourth-order valence-electron chi connectivity index (χ4n) is 1.09. The first-order valence-corrected chi connectivity index (χ1v) is 6.32. The zero-order valence-corrected chi connectivity index (χ0v) is 10.4. The van der Waals surface area contributed by atoms with Crippen molar-refractivity contribution in [2.45, 2.75) is 13.8 Å². The molecule has 0 atom stereocenters. The minimum Gasteiger partial charge on any atom is -0.307 e. The molecule has 16 heavy (non-hydrogen) atoms. The second kappa shape index (κ2) is 4.58. The van der Waals surface area contributed by atoms with E-state index in [1.54, 1.807) is 11.3 Å². The Bertz CT molecular complexity index is 505. The first kappa shape index (κ1) is 11.0. The lowest BCUT2D eigenvalue weighted by Crippen LogP contribution is -2.19. The van der Waals surface area contributed by atoms with E-state index in [4.69, 9.17) is 0 Å². The van der Waals surface area contributed by atoms with Gasteiger partial charge in [-0.3, -0.25) is 5.32 Å². The highest BCUT2D eigenvalue weighted by Gasteiger charge is 2.07. The van der Waals surface area contributed by atoms with Crippen molar-refractivity contribution in [2.24, 2.45) is 0 Å². The van der Waals surface area contributed by atoms with E-state index in [1.807, 2.05) is 24.6 Å². The Morgan fingerprint density at radius 1 is 1.25 bits per heavy atom. The topological polar surface area (TPSA) is 66.9 Å². The quantitative estimate of drug-likeness (QED) is 0.866. The van der Waals surface area contributed by atoms with Gasteiger partial charge in [0, 0.05) is 5.38 Å². The number of urea groups is 1. The van der Waals surface area contributed by atoms with Gasteiger partial charge in [0.05, 0.1) is 5.69 Å². The normalized spacial score (nSPS) is 10.1. The molecule has 2 heterocycles. The van der Waals surface area contributed by atoms with Crippen LogP contribution in [0.1, 0.15) is 10.6 Å². The molecule has 0 fully saturated rings. The van der Waals surface area contributed by atoms with E-state index >= 15 is 0 Å². The predicted octanol–water partition coefficient (Wildman–Crippen LogP) is 2.86. The fraction of sp³-hybridized carbons (Fsp3) is 0.222. The van der Waals surface area contributed by atoms with Crippen LogP contribution in [0, 0.1) is 13.8 Å². The van der Waals surface area contributed by atoms with Gasteiger partial charge in [0.15, 0.2) is 0 Å². The predicted molar refractivity (Wildman–Crippen MR) is 66.3 cm³/mol. The van der Waals surface area contributed by atoms with Crippen LogP contribution in [-0.2, 0) is 0 Å². The van der Waals surface area contributed by atoms with Crippen molar-refractivity contribution in [1.82, 2.24) is 10.2 Å². The molecule has 2 rings (SSSR count). The maximum atomic E-state index is 11.6. The molecular weight excluding hydrogens is 244 g/mol. The smallest absolute Gasteiger partial charge is 0.307 e. The van der Waals surface area contributed by atoms with E-state index < -0.39 is 0 Å². The number of rotatable bonds is 2. The Kier molecular flexibility index (Phi) is 3.16. The zero-order valence-electron chi connectivity index (χ0n) is 8.77. The van der Waals surface area contributed by atoms with Crippen LogP contribution in [0.2, 0.25) is 0 Å². The third kappa shape index (κ3) is 2.56. The van der Waals surface area contributed by atoms with Gasteiger partial charge in [-0.05, 0) is 24.8 Å². The summed E-state index contributed by atoms with van der Waals surface area (Å²) in [5, 5.41) is 18.2. The highest BCUT2D eigenvalue weighted by Crippen LogP contribution is 2.20. The molecule has 0 radical (unpaired) electrons. The van der Waals surface area contributed by atoms with Gasteiger partial charge >= 0.3 is 6.03 Å². The summed E-state index contributed by atoms with van der Waals surface area (Å²) in [6.45, 7) is 3.78. The first-order chi connectivity index (χ1) is 7.65. The molecule has 0 aromatic carbocycles. The highest BCUT2D eigenvalue weighted by molar-refractivity contribution is 7.15. The number of aryl methyl sites for hydroxylation is 2. The molecule has 0 aliphatic heterocycles. The largest absolute Gasteiger partial charge is 0.325 e. The van der Waals surface area contributed by atoms with Crippen molar-refractivity contribution < 1.29 is 4.79 Å². The number of thiophene rings is 1. The van der Waals surface area contributed by atoms with E-state index in [0.717, 1.165) is 16.3 Å². The standard InChI is InChI=1S/C9H10N4OS2/c1-5-3-15-4-7(5)10-8(14)11-9-13-12-6(2)16-9/h3-4H,1-2H3,(H2,10,11,13,14). The van der Waals surface area contributed by atoms with E-state index in [2.05, 4.69) is 20.8 Å². The van der Waals surface area contributed by atoms with Crippen molar-refractivity contribution in [1.29, 1.82) is 0 Å². The molecule has 0 aliphatic rings. The molecule has 7 heteroatoms. The van der Waals surface area contributed by atoms with E-state index in [-0.39, 0.29) is 6.03 Å². The van der Waals surface area contributed by atoms with Crippen molar-refractivity contribution >= 4 is 39.5 Å². The van der Waals surface area contributed by atoms with Crippen molar-refractivity contribution in [3.8, 4) is 0 Å². The SMILES string of the molecule is Cc1nnc(NC(=O)Nc2cscc2C)s1. The van der Waals surface area contributed by atoms with Gasteiger partial charge in [-0.2, -0.15) is 0 Å². The van der Waals surface area contributed by atoms with Crippen LogP contribution in [0.15, 0.2) is 10.8 Å². The maximum absolute atomic E-state index is 11.6. The van der Waals surface area contributed by atoms with Gasteiger partial charge in [0.1, 0.15) is 5.01 Å². The number of nitrogens with zero attached hydrogens (tertiary/aromatic N) is 2. The monoisotopic (exact) mass is 254 g/mol. The van der Waals surface area contributed by atoms with Crippen LogP contribution in [0.3, 0.4) is 0 Å². The Hall–Kier alpha value is -1.47. The first-order valence-electron chi connectivity index (χ1n) is 4.56. The van der Waals surface area contributed by atoms with Gasteiger partial charge in [0.2, 0.25) is 5.13 Å². The number of amides is 2. The summed E-state index contributed by atoms with van der Waals surface area (Å²) in [6.07, 6.45) is 0. The summed E-state index contributed by atoms with van der Waals surface area (Å²) in [4.78, 5) is 11.6. The summed E-state index contributed by atoms with van der Waals surface area (Å²) in [7, 11) is 0. The van der Waals surface area contributed by atoms with E-state index in [9.17, 15) is 4.79 Å². The molecule has 2 amide bonds. The highest BCUT2D eigenvalue weighted by atomic mass is 32.1.